The van der Waals surface area contributed by atoms with E-state index in [1.165, 1.54) is 65.7 Å². The highest BCUT2D eigenvalue weighted by atomic mass is 15.1. The molecule has 2 heteroatoms. The average Bonchev–Trinajstić information content (AvgIpc) is 3.60. The highest BCUT2D eigenvalue weighted by Gasteiger charge is 2.22. The van der Waals surface area contributed by atoms with Crippen LogP contribution in [0.3, 0.4) is 0 Å². The van der Waals surface area contributed by atoms with Crippen LogP contribution in [0.2, 0.25) is 0 Å². The molecule has 0 radical (unpaired) electrons. The number of rotatable bonds is 5. The molecule has 3 aliphatic carbocycles. The Labute approximate surface area is 298 Å². The van der Waals surface area contributed by atoms with Crippen LogP contribution >= 0.6 is 0 Å². The van der Waals surface area contributed by atoms with Gasteiger partial charge >= 0.3 is 0 Å². The minimum Gasteiger partial charge on any atom is -0.310 e. The highest BCUT2D eigenvalue weighted by molar-refractivity contribution is 6.07. The van der Waals surface area contributed by atoms with E-state index in [0.717, 1.165) is 54.5 Å². The second kappa shape index (κ2) is 12.3. The lowest BCUT2D eigenvalue weighted by atomic mass is 9.83. The van der Waals surface area contributed by atoms with Gasteiger partial charge < -0.3 is 4.57 Å². The topological polar surface area (TPSA) is 17.8 Å². The smallest absolute Gasteiger partial charge is 0.142 e. The zero-order chi connectivity index (χ0) is 33.7. The second-order valence-electron chi connectivity index (χ2n) is 13.9. The van der Waals surface area contributed by atoms with Gasteiger partial charge in [-0.25, -0.2) is 4.98 Å². The molecular weight excluding hydrogens is 617 g/mol. The molecule has 1 heterocycles. The summed E-state index contributed by atoms with van der Waals surface area (Å²) in [4.78, 5) is 5.05. The van der Waals surface area contributed by atoms with Gasteiger partial charge in [0.15, 0.2) is 0 Å². The van der Waals surface area contributed by atoms with E-state index in [2.05, 4.69) is 156 Å². The Morgan fingerprint density at radius 1 is 0.647 bits per heavy atom. The van der Waals surface area contributed by atoms with Crippen LogP contribution < -0.4 is 10.4 Å². The normalized spacial score (nSPS) is 16.2. The first kappa shape index (κ1) is 29.7. The Hall–Kier alpha value is -6.17. The lowest BCUT2D eigenvalue weighted by Crippen LogP contribution is -2.31. The van der Waals surface area contributed by atoms with Crippen molar-refractivity contribution in [1.29, 1.82) is 0 Å². The van der Waals surface area contributed by atoms with Gasteiger partial charge in [0.25, 0.3) is 0 Å². The molecule has 0 amide bonds. The molecule has 51 heavy (non-hydrogen) atoms. The van der Waals surface area contributed by atoms with Gasteiger partial charge in [-0.15, -0.1) is 0 Å². The van der Waals surface area contributed by atoms with E-state index in [1.807, 2.05) is 12.1 Å². The van der Waals surface area contributed by atoms with Crippen LogP contribution in [-0.2, 0) is 6.42 Å². The third kappa shape index (κ3) is 5.08. The number of hydrogen-bond acceptors (Lipinski definition) is 1. The molecule has 0 N–H and O–H groups in total. The van der Waals surface area contributed by atoms with Gasteiger partial charge in [-0.1, -0.05) is 140 Å². The van der Waals surface area contributed by atoms with Crippen LogP contribution in [0.4, 0.5) is 0 Å². The lowest BCUT2D eigenvalue weighted by molar-refractivity contribution is 0.632. The molecule has 0 saturated heterocycles. The summed E-state index contributed by atoms with van der Waals surface area (Å²) in [5.41, 5.74) is 13.6. The number of aryl methyl sites for hydroxylation is 1. The maximum atomic E-state index is 5.05. The molecule has 10 rings (SSSR count). The molecule has 0 bridgehead atoms. The summed E-state index contributed by atoms with van der Waals surface area (Å²) in [5, 5.41) is 5.37. The van der Waals surface area contributed by atoms with Crippen LogP contribution in [0.25, 0.3) is 79.2 Å². The first-order chi connectivity index (χ1) is 25.3. The summed E-state index contributed by atoms with van der Waals surface area (Å²) in [5.74, 6) is 0.967. The molecule has 242 valence electrons. The molecule has 0 spiro atoms. The van der Waals surface area contributed by atoms with E-state index in [-0.39, 0.29) is 6.04 Å². The zero-order valence-electron chi connectivity index (χ0n) is 28.4. The number of imidazole rings is 1. The second-order valence-corrected chi connectivity index (χ2v) is 13.9. The third-order valence-corrected chi connectivity index (χ3v) is 10.8. The van der Waals surface area contributed by atoms with Crippen LogP contribution in [0.1, 0.15) is 48.4 Å². The SMILES string of the molecule is c1ccc2nc(-c3ccccc3)n([C@@H]3C=CC(c4ccc5c(-c6ccc7c(c6)CCC=C7)c6c(c(-c7ccccc7)c5c4)=CCCC=6)=CC3)c2c#1. The Bertz CT molecular complexity index is 2710. The van der Waals surface area contributed by atoms with E-state index in [9.17, 15) is 0 Å². The molecule has 6 aromatic carbocycles. The maximum absolute atomic E-state index is 5.05. The van der Waals surface area contributed by atoms with Crippen LogP contribution in [0.15, 0.2) is 133 Å². The first-order valence-corrected chi connectivity index (χ1v) is 18.2. The monoisotopic (exact) mass is 652 g/mol. The number of fused-ring (bicyclic) bond motifs is 4. The van der Waals surface area contributed by atoms with Crippen molar-refractivity contribution < 1.29 is 0 Å². The average molecular weight is 653 g/mol. The summed E-state index contributed by atoms with van der Waals surface area (Å²) in [6.07, 6.45) is 21.8. The predicted molar refractivity (Wildman–Crippen MR) is 213 cm³/mol. The molecule has 7 aromatic rings. The summed E-state index contributed by atoms with van der Waals surface area (Å²) in [7, 11) is 0. The van der Waals surface area contributed by atoms with Crippen molar-refractivity contribution in [1.82, 2.24) is 9.55 Å². The molecule has 0 aliphatic heterocycles. The Balaban J connectivity index is 1.12. The third-order valence-electron chi connectivity index (χ3n) is 10.8. The minimum absolute atomic E-state index is 0.129. The number of nitrogens with zero attached hydrogens (tertiary/aromatic N) is 2. The van der Waals surface area contributed by atoms with Crippen molar-refractivity contribution in [2.75, 3.05) is 0 Å². The number of benzene rings is 5. The van der Waals surface area contributed by atoms with Gasteiger partial charge in [0, 0.05) is 5.56 Å². The van der Waals surface area contributed by atoms with Crippen LogP contribution in [0, 0.1) is 12.1 Å². The fourth-order valence-corrected chi connectivity index (χ4v) is 8.45. The first-order valence-electron chi connectivity index (χ1n) is 18.2. The Morgan fingerprint density at radius 3 is 2.20 bits per heavy atom. The summed E-state index contributed by atoms with van der Waals surface area (Å²) < 4.78 is 2.33. The van der Waals surface area contributed by atoms with E-state index >= 15 is 0 Å². The van der Waals surface area contributed by atoms with Crippen molar-refractivity contribution >= 4 is 45.6 Å². The quantitative estimate of drug-likeness (QED) is 0.181. The fraction of sp³-hybridized carbons (Fsp3) is 0.122. The van der Waals surface area contributed by atoms with Gasteiger partial charge in [0.1, 0.15) is 11.3 Å². The van der Waals surface area contributed by atoms with E-state index in [4.69, 9.17) is 4.98 Å². The molecule has 0 unspecified atom stereocenters. The van der Waals surface area contributed by atoms with Gasteiger partial charge in [-0.05, 0) is 122 Å². The van der Waals surface area contributed by atoms with E-state index in [0.29, 0.717) is 0 Å². The molecule has 0 saturated carbocycles. The van der Waals surface area contributed by atoms with Crippen molar-refractivity contribution in [2.24, 2.45) is 0 Å². The molecule has 0 fully saturated rings. The van der Waals surface area contributed by atoms with Gasteiger partial charge in [0.05, 0.1) is 11.6 Å². The lowest BCUT2D eigenvalue weighted by Gasteiger charge is -2.22. The molecule has 3 aliphatic rings. The van der Waals surface area contributed by atoms with Gasteiger partial charge in [-0.2, -0.15) is 0 Å². The summed E-state index contributed by atoms with van der Waals surface area (Å²) in [6.45, 7) is 0. The van der Waals surface area contributed by atoms with Gasteiger partial charge in [-0.3, -0.25) is 0 Å². The molecule has 2 nitrogen and oxygen atoms in total. The van der Waals surface area contributed by atoms with Crippen molar-refractivity contribution in [3.63, 3.8) is 0 Å². The van der Waals surface area contributed by atoms with Crippen LogP contribution in [0.5, 0.6) is 0 Å². The number of hydrogen-bond donors (Lipinski definition) is 0. The summed E-state index contributed by atoms with van der Waals surface area (Å²) in [6, 6.07) is 46.4. The predicted octanol–water partition coefficient (Wildman–Crippen LogP) is 10.7. The number of allylic oxidation sites excluding steroid dienone is 5. The van der Waals surface area contributed by atoms with E-state index in [1.54, 1.807) is 0 Å². The highest BCUT2D eigenvalue weighted by Crippen LogP contribution is 2.38. The molecular formula is C49H36N2. The van der Waals surface area contributed by atoms with Crippen molar-refractivity contribution in [3.8, 4) is 33.6 Å². The van der Waals surface area contributed by atoms with E-state index < -0.39 is 0 Å². The standard InChI is InChI=1S/C49H36N2/c1-3-14-35(15-4-1)47-41-19-9-10-20-42(41)48(39-24-23-33-13-7-8-18-37(33)31-39)43-30-27-38(32-44(43)47)34-25-28-40(29-26-34)51-46-22-12-11-21-45(46)50-49(51)36-16-5-2-6-17-36/h1-7,11,13-17,19-21,23-28,30-32,40H,8-10,18,29H2/t40-/m1/s1. The van der Waals surface area contributed by atoms with Crippen molar-refractivity contribution in [3.05, 3.63) is 173 Å². The number of aromatic nitrogens is 2. The maximum Gasteiger partial charge on any atom is 0.142 e. The Kier molecular flexibility index (Phi) is 7.17. The summed E-state index contributed by atoms with van der Waals surface area (Å²) >= 11 is 0. The largest absolute Gasteiger partial charge is 0.310 e. The molecule has 1 aromatic heterocycles. The zero-order valence-corrected chi connectivity index (χ0v) is 28.4. The van der Waals surface area contributed by atoms with Crippen LogP contribution in [-0.4, -0.2) is 9.55 Å². The Morgan fingerprint density at radius 2 is 1.41 bits per heavy atom. The fourth-order valence-electron chi connectivity index (χ4n) is 8.45. The molecule has 1 atom stereocenters. The van der Waals surface area contributed by atoms with Crippen molar-refractivity contribution in [2.45, 2.75) is 38.1 Å². The van der Waals surface area contributed by atoms with Gasteiger partial charge in [0.2, 0.25) is 0 Å². The minimum atomic E-state index is 0.129.